The predicted molar refractivity (Wildman–Crippen MR) is 190 cm³/mol. The lowest BCUT2D eigenvalue weighted by Crippen LogP contribution is -2.59. The highest BCUT2D eigenvalue weighted by molar-refractivity contribution is 5.96. The molecule has 1 unspecified atom stereocenters. The number of nitrogens with one attached hydrogen (secondary N) is 2. The van der Waals surface area contributed by atoms with Crippen molar-refractivity contribution < 1.29 is 38.5 Å². The fourth-order valence-corrected chi connectivity index (χ4v) is 7.15. The fraction of sp³-hybridized carbons (Fsp3) is 0.462. The van der Waals surface area contributed by atoms with Crippen LogP contribution >= 0.6 is 0 Å². The molecule has 3 aliphatic rings. The van der Waals surface area contributed by atoms with Crippen molar-refractivity contribution in [3.05, 3.63) is 67.3 Å². The van der Waals surface area contributed by atoms with Crippen molar-refractivity contribution >= 4 is 34.8 Å². The fourth-order valence-electron chi connectivity index (χ4n) is 7.15. The normalized spacial score (nSPS) is 23.7. The second-order valence-electron chi connectivity index (χ2n) is 14.8. The van der Waals surface area contributed by atoms with E-state index in [-0.39, 0.29) is 25.5 Å². The maximum atomic E-state index is 14.5. The van der Waals surface area contributed by atoms with E-state index in [1.165, 1.54) is 11.0 Å². The second-order valence-corrected chi connectivity index (χ2v) is 14.8. The smallest absolute Gasteiger partial charge is 0.408 e. The molecule has 2 saturated carbocycles. The molecule has 3 N–H and O–H groups in total. The molecule has 51 heavy (non-hydrogen) atoms. The lowest BCUT2D eigenvalue weighted by atomic mass is 9.85. The highest BCUT2D eigenvalue weighted by Crippen LogP contribution is 2.45. The number of hydrogen-bond donors (Lipinski definition) is 3. The molecule has 270 valence electrons. The number of carboxylic acids is 1. The van der Waals surface area contributed by atoms with Gasteiger partial charge in [0.15, 0.2) is 0 Å². The molecule has 3 amide bonds. The summed E-state index contributed by atoms with van der Waals surface area (Å²) in [7, 11) is 1.58. The van der Waals surface area contributed by atoms with E-state index in [9.17, 15) is 24.3 Å². The molecule has 0 bridgehead atoms. The van der Waals surface area contributed by atoms with E-state index in [0.29, 0.717) is 28.1 Å². The molecule has 0 radical (unpaired) electrons. The Morgan fingerprint density at radius 3 is 2.41 bits per heavy atom. The summed E-state index contributed by atoms with van der Waals surface area (Å²) in [5, 5.41) is 16.3. The number of ether oxygens (including phenoxy) is 3. The molecule has 5 atom stereocenters. The number of alkyl carbamates (subject to hydrolysis) is 1. The number of aromatic nitrogens is 1. The molecule has 2 aromatic carbocycles. The lowest BCUT2D eigenvalue weighted by molar-refractivity contribution is -0.146. The van der Waals surface area contributed by atoms with Crippen molar-refractivity contribution in [3.8, 4) is 22.8 Å². The van der Waals surface area contributed by atoms with Gasteiger partial charge >= 0.3 is 12.1 Å². The lowest BCUT2D eigenvalue weighted by Gasteiger charge is -2.35. The Kier molecular flexibility index (Phi) is 9.97. The number of amides is 3. The molecule has 3 aromatic rings. The second kappa shape index (κ2) is 14.2. The zero-order chi connectivity index (χ0) is 36.5. The van der Waals surface area contributed by atoms with E-state index in [2.05, 4.69) is 17.2 Å². The van der Waals surface area contributed by atoms with Gasteiger partial charge in [-0.25, -0.2) is 14.6 Å². The van der Waals surface area contributed by atoms with Crippen molar-refractivity contribution in [1.29, 1.82) is 0 Å². The monoisotopic (exact) mass is 698 g/mol. The molecular formula is C39H46N4O8. The standard InChI is InChI=1S/C39H46N4O8/c1-6-24-21-39(24,36(46)47)42-34(44)31-19-27(22-43(31)35(45)33(38(2,3)4)41-37(48)51-25-14-10-11-15-25)50-32-20-29(23-12-8-7-9-13-23)40-30-18-26(49-5)16-17-28(30)32/h6-9,12-13,16-18,20,24-25,27,31,33H,1,10-11,14-15,19,21-22H2,2-5H3,(H,41,48)(H,42,44)(H,46,47)/t24-,27+,31-,33+,39?/m0/s1. The summed E-state index contributed by atoms with van der Waals surface area (Å²) in [5.74, 6) is -1.59. The van der Waals surface area contributed by atoms with Crippen LogP contribution in [0.3, 0.4) is 0 Å². The van der Waals surface area contributed by atoms with Crippen LogP contribution in [-0.2, 0) is 19.1 Å². The number of pyridine rings is 1. The van der Waals surface area contributed by atoms with Crippen molar-refractivity contribution in [2.24, 2.45) is 11.3 Å². The van der Waals surface area contributed by atoms with Crippen LogP contribution < -0.4 is 20.1 Å². The third-order valence-corrected chi connectivity index (χ3v) is 10.2. The minimum atomic E-state index is -1.50. The highest BCUT2D eigenvalue weighted by atomic mass is 16.6. The number of benzene rings is 2. The Bertz CT molecular complexity index is 1820. The van der Waals surface area contributed by atoms with Gasteiger partial charge < -0.3 is 34.9 Å². The third-order valence-electron chi connectivity index (χ3n) is 10.2. The molecule has 0 spiro atoms. The summed E-state index contributed by atoms with van der Waals surface area (Å²) < 4.78 is 17.8. The number of methoxy groups -OCH3 is 1. The van der Waals surface area contributed by atoms with Crippen molar-refractivity contribution in [2.45, 2.75) is 89.1 Å². The topological polar surface area (TPSA) is 156 Å². The average Bonchev–Trinajstić information content (AvgIpc) is 3.37. The van der Waals surface area contributed by atoms with Gasteiger partial charge in [0.05, 0.1) is 24.9 Å². The van der Waals surface area contributed by atoms with Crippen molar-refractivity contribution in [1.82, 2.24) is 20.5 Å². The van der Waals surface area contributed by atoms with Crippen LogP contribution in [-0.4, -0.2) is 82.4 Å². The maximum absolute atomic E-state index is 14.5. The van der Waals surface area contributed by atoms with Gasteiger partial charge in [-0.2, -0.15) is 0 Å². The van der Waals surface area contributed by atoms with Crippen molar-refractivity contribution in [2.75, 3.05) is 13.7 Å². The van der Waals surface area contributed by atoms with E-state index in [1.54, 1.807) is 13.2 Å². The van der Waals surface area contributed by atoms with E-state index in [4.69, 9.17) is 19.2 Å². The largest absolute Gasteiger partial charge is 0.497 e. The van der Waals surface area contributed by atoms with Crippen LogP contribution in [0.4, 0.5) is 4.79 Å². The first-order valence-electron chi connectivity index (χ1n) is 17.5. The summed E-state index contributed by atoms with van der Waals surface area (Å²) in [6.07, 6.45) is 3.73. The summed E-state index contributed by atoms with van der Waals surface area (Å²) in [6, 6.07) is 14.8. The number of carboxylic acid groups (broad SMARTS) is 1. The number of nitrogens with zero attached hydrogens (tertiary/aromatic N) is 2. The average molecular weight is 699 g/mol. The van der Waals surface area contributed by atoms with Gasteiger partial charge in [-0.1, -0.05) is 57.2 Å². The zero-order valence-corrected chi connectivity index (χ0v) is 29.5. The minimum absolute atomic E-state index is 0.00839. The Morgan fingerprint density at radius 1 is 1.06 bits per heavy atom. The Balaban J connectivity index is 1.32. The number of likely N-dealkylation sites (tertiary alicyclic amines) is 1. The van der Waals surface area contributed by atoms with Crippen LogP contribution in [0.25, 0.3) is 22.2 Å². The first-order chi connectivity index (χ1) is 24.3. The molecule has 3 fully saturated rings. The molecule has 12 heteroatoms. The molecule has 1 saturated heterocycles. The van der Waals surface area contributed by atoms with Gasteiger partial charge in [-0.15, -0.1) is 6.58 Å². The summed E-state index contributed by atoms with van der Waals surface area (Å²) in [5.41, 5.74) is -0.0855. The number of rotatable bonds is 11. The Morgan fingerprint density at radius 2 is 1.78 bits per heavy atom. The highest BCUT2D eigenvalue weighted by Gasteiger charge is 2.61. The third kappa shape index (κ3) is 7.50. The van der Waals surface area contributed by atoms with Crippen molar-refractivity contribution in [3.63, 3.8) is 0 Å². The molecule has 2 heterocycles. The molecule has 12 nitrogen and oxygen atoms in total. The van der Waals surface area contributed by atoms with Gasteiger partial charge in [0, 0.05) is 35.4 Å². The van der Waals surface area contributed by atoms with Gasteiger partial charge in [0.25, 0.3) is 0 Å². The van der Waals surface area contributed by atoms with E-state index in [1.807, 2.05) is 69.3 Å². The maximum Gasteiger partial charge on any atom is 0.408 e. The van der Waals surface area contributed by atoms with Gasteiger partial charge in [-0.05, 0) is 49.7 Å². The number of aliphatic carboxylic acids is 1. The van der Waals surface area contributed by atoms with Gasteiger partial charge in [0.2, 0.25) is 11.8 Å². The Labute approximate surface area is 297 Å². The summed E-state index contributed by atoms with van der Waals surface area (Å²) in [6.45, 7) is 9.20. The first kappa shape index (κ1) is 35.7. The predicted octanol–water partition coefficient (Wildman–Crippen LogP) is 5.49. The van der Waals surface area contributed by atoms with Crippen LogP contribution in [0.1, 0.15) is 59.3 Å². The van der Waals surface area contributed by atoms with Crippen LogP contribution in [0, 0.1) is 11.3 Å². The van der Waals surface area contributed by atoms with Crippen LogP contribution in [0.2, 0.25) is 0 Å². The summed E-state index contributed by atoms with van der Waals surface area (Å²) in [4.78, 5) is 60.2. The first-order valence-corrected chi connectivity index (χ1v) is 17.5. The molecule has 1 aromatic heterocycles. The molecule has 2 aliphatic carbocycles. The summed E-state index contributed by atoms with van der Waals surface area (Å²) >= 11 is 0. The molecule has 1 aliphatic heterocycles. The number of carbonyl (C=O) groups excluding carboxylic acids is 3. The molecular weight excluding hydrogens is 652 g/mol. The minimum Gasteiger partial charge on any atom is -0.497 e. The van der Waals surface area contributed by atoms with E-state index >= 15 is 0 Å². The van der Waals surface area contributed by atoms with Crippen LogP contribution in [0.15, 0.2) is 67.3 Å². The number of carbonyl (C=O) groups is 4. The van der Waals surface area contributed by atoms with Crippen LogP contribution in [0.5, 0.6) is 11.5 Å². The van der Waals surface area contributed by atoms with Gasteiger partial charge in [-0.3, -0.25) is 9.59 Å². The van der Waals surface area contributed by atoms with E-state index in [0.717, 1.165) is 31.2 Å². The SMILES string of the molecule is C=C[C@H]1CC1(NC(=O)[C@@H]1C[C@@H](Oc2cc(-c3ccccc3)nc3cc(OC)ccc23)CN1C(=O)[C@@H](NC(=O)OC1CCCC1)C(C)(C)C)C(=O)O. The quantitative estimate of drug-likeness (QED) is 0.221. The van der Waals surface area contributed by atoms with Gasteiger partial charge in [0.1, 0.15) is 41.3 Å². The zero-order valence-electron chi connectivity index (χ0n) is 29.5. The number of fused-ring (bicyclic) bond motifs is 1. The molecule has 6 rings (SSSR count). The Hall–Kier alpha value is -5.13. The number of hydrogen-bond acceptors (Lipinski definition) is 8. The van der Waals surface area contributed by atoms with E-state index < -0.39 is 58.9 Å².